The van der Waals surface area contributed by atoms with Gasteiger partial charge in [0.2, 0.25) is 0 Å². The van der Waals surface area contributed by atoms with E-state index < -0.39 is 0 Å². The van der Waals surface area contributed by atoms with Gasteiger partial charge in [-0.05, 0) is 13.3 Å². The Labute approximate surface area is 77.8 Å². The first-order chi connectivity index (χ1) is 5.99. The van der Waals surface area contributed by atoms with Crippen LogP contribution in [-0.2, 0) is 14.3 Å². The van der Waals surface area contributed by atoms with Crippen molar-refractivity contribution in [3.05, 3.63) is 11.3 Å². The zero-order valence-corrected chi connectivity index (χ0v) is 8.22. The molecule has 0 aromatic carbocycles. The number of hydrogen-bond acceptors (Lipinski definition) is 3. The second-order valence-corrected chi connectivity index (χ2v) is 3.98. The molecule has 0 heterocycles. The van der Waals surface area contributed by atoms with E-state index >= 15 is 0 Å². The third-order valence-corrected chi connectivity index (χ3v) is 2.52. The summed E-state index contributed by atoms with van der Waals surface area (Å²) in [5.41, 5.74) is 0.391. The van der Waals surface area contributed by atoms with Crippen LogP contribution >= 0.6 is 0 Å². The van der Waals surface area contributed by atoms with Crippen LogP contribution in [0.1, 0.15) is 33.6 Å². The highest BCUT2D eigenvalue weighted by Gasteiger charge is 2.34. The number of ether oxygens (including phenoxy) is 1. The lowest BCUT2D eigenvalue weighted by Gasteiger charge is -2.31. The summed E-state index contributed by atoms with van der Waals surface area (Å²) in [6.07, 6.45) is 1.29. The van der Waals surface area contributed by atoms with E-state index in [-0.39, 0.29) is 11.2 Å². The van der Waals surface area contributed by atoms with Crippen molar-refractivity contribution in [2.24, 2.45) is 5.41 Å². The van der Waals surface area contributed by atoms with Crippen molar-refractivity contribution in [1.29, 1.82) is 0 Å². The molecule has 1 aliphatic carbocycles. The molecule has 3 heteroatoms. The molecular formula is C10H14O3. The van der Waals surface area contributed by atoms with E-state index in [1.807, 2.05) is 13.8 Å². The lowest BCUT2D eigenvalue weighted by atomic mass is 9.77. The number of hydrogen-bond donors (Lipinski definition) is 0. The smallest absolute Gasteiger partial charge is 0.298 e. The number of Topliss-reactive ketones (excluding diaryl/α,β-unsaturated/α-hetero) is 1. The lowest BCUT2D eigenvalue weighted by molar-refractivity contribution is -0.127. The molecule has 0 N–H and O–H groups in total. The summed E-state index contributed by atoms with van der Waals surface area (Å²) in [4.78, 5) is 21.6. The molecule has 0 aromatic heterocycles. The van der Waals surface area contributed by atoms with Crippen LogP contribution < -0.4 is 0 Å². The van der Waals surface area contributed by atoms with E-state index in [9.17, 15) is 9.59 Å². The van der Waals surface area contributed by atoms with Crippen LogP contribution in [0.25, 0.3) is 0 Å². The van der Waals surface area contributed by atoms with Crippen molar-refractivity contribution in [2.75, 3.05) is 0 Å². The van der Waals surface area contributed by atoms with Crippen LogP contribution in [0.3, 0.4) is 0 Å². The number of rotatable bonds is 2. The highest BCUT2D eigenvalue weighted by atomic mass is 16.5. The van der Waals surface area contributed by atoms with Crippen molar-refractivity contribution in [2.45, 2.75) is 33.6 Å². The Morgan fingerprint density at radius 1 is 1.46 bits per heavy atom. The fraction of sp³-hybridized carbons (Fsp3) is 0.600. The second kappa shape index (κ2) is 3.32. The molecule has 0 fully saturated rings. The molecule has 0 amide bonds. The summed E-state index contributed by atoms with van der Waals surface area (Å²) in [5.74, 6) is 0.606. The van der Waals surface area contributed by atoms with Gasteiger partial charge in [0.05, 0.1) is 0 Å². The molecule has 0 unspecified atom stereocenters. The van der Waals surface area contributed by atoms with Crippen molar-refractivity contribution < 1.29 is 14.3 Å². The number of carbonyl (C=O) groups is 2. The Morgan fingerprint density at radius 2 is 2.08 bits per heavy atom. The SMILES string of the molecule is CC1=C(OC=O)C(C)(C)CCC1=O. The maximum atomic E-state index is 11.3. The quantitative estimate of drug-likeness (QED) is 0.612. The van der Waals surface area contributed by atoms with E-state index in [0.29, 0.717) is 24.2 Å². The van der Waals surface area contributed by atoms with E-state index in [1.165, 1.54) is 0 Å². The minimum absolute atomic E-state index is 0.0798. The van der Waals surface area contributed by atoms with Crippen molar-refractivity contribution in [3.8, 4) is 0 Å². The van der Waals surface area contributed by atoms with Crippen molar-refractivity contribution in [1.82, 2.24) is 0 Å². The van der Waals surface area contributed by atoms with Gasteiger partial charge < -0.3 is 4.74 Å². The van der Waals surface area contributed by atoms with Crippen molar-refractivity contribution in [3.63, 3.8) is 0 Å². The van der Waals surface area contributed by atoms with E-state index in [2.05, 4.69) is 0 Å². The molecule has 3 nitrogen and oxygen atoms in total. The summed E-state index contributed by atoms with van der Waals surface area (Å²) < 4.78 is 4.86. The zero-order chi connectivity index (χ0) is 10.1. The molecule has 0 aliphatic heterocycles. The lowest BCUT2D eigenvalue weighted by Crippen LogP contribution is -2.26. The van der Waals surface area contributed by atoms with Crippen LogP contribution in [0, 0.1) is 5.41 Å². The fourth-order valence-electron chi connectivity index (χ4n) is 1.66. The van der Waals surface area contributed by atoms with E-state index in [0.717, 1.165) is 6.42 Å². The van der Waals surface area contributed by atoms with Gasteiger partial charge in [0.15, 0.2) is 5.78 Å². The molecule has 0 aromatic rings. The maximum Gasteiger partial charge on any atom is 0.298 e. The fourth-order valence-corrected chi connectivity index (χ4v) is 1.66. The van der Waals surface area contributed by atoms with Crippen LogP contribution in [0.15, 0.2) is 11.3 Å². The highest BCUT2D eigenvalue weighted by molar-refractivity contribution is 5.96. The van der Waals surface area contributed by atoms with E-state index in [1.54, 1.807) is 6.92 Å². The van der Waals surface area contributed by atoms with Gasteiger partial charge >= 0.3 is 0 Å². The molecule has 0 spiro atoms. The van der Waals surface area contributed by atoms with E-state index in [4.69, 9.17) is 4.74 Å². The van der Waals surface area contributed by atoms with Gasteiger partial charge in [-0.1, -0.05) is 13.8 Å². The molecule has 1 aliphatic rings. The Balaban J connectivity index is 3.09. The molecule has 0 bridgehead atoms. The average molecular weight is 182 g/mol. The largest absolute Gasteiger partial charge is 0.432 e. The van der Waals surface area contributed by atoms with Crippen LogP contribution in [0.2, 0.25) is 0 Å². The predicted molar refractivity (Wildman–Crippen MR) is 47.9 cm³/mol. The summed E-state index contributed by atoms with van der Waals surface area (Å²) in [6.45, 7) is 6.05. The normalized spacial score (nSPS) is 21.6. The Bertz CT molecular complexity index is 274. The first-order valence-corrected chi connectivity index (χ1v) is 4.34. The molecule has 0 saturated heterocycles. The predicted octanol–water partition coefficient (Wildman–Crippen LogP) is 1.82. The monoisotopic (exact) mass is 182 g/mol. The Hall–Kier alpha value is -1.12. The Kier molecular flexibility index (Phi) is 2.55. The van der Waals surface area contributed by atoms with Crippen LogP contribution in [0.4, 0.5) is 0 Å². The standard InChI is InChI=1S/C10H14O3/c1-7-8(12)4-5-10(2,3)9(7)13-6-11/h6H,4-5H2,1-3H3. The molecule has 0 saturated carbocycles. The Morgan fingerprint density at radius 3 is 2.62 bits per heavy atom. The van der Waals surface area contributed by atoms with Gasteiger partial charge in [-0.2, -0.15) is 0 Å². The van der Waals surface area contributed by atoms with Gasteiger partial charge in [0, 0.05) is 17.4 Å². The van der Waals surface area contributed by atoms with Crippen LogP contribution in [-0.4, -0.2) is 12.3 Å². The van der Waals surface area contributed by atoms with Gasteiger partial charge in [-0.15, -0.1) is 0 Å². The molecule has 1 rings (SSSR count). The van der Waals surface area contributed by atoms with Gasteiger partial charge in [-0.3, -0.25) is 9.59 Å². The van der Waals surface area contributed by atoms with Crippen molar-refractivity contribution >= 4 is 12.3 Å². The molecular weight excluding hydrogens is 168 g/mol. The average Bonchev–Trinajstić information content (AvgIpc) is 2.07. The zero-order valence-electron chi connectivity index (χ0n) is 8.22. The third kappa shape index (κ3) is 1.79. The van der Waals surface area contributed by atoms with Gasteiger partial charge in [0.25, 0.3) is 6.47 Å². The number of allylic oxidation sites excluding steroid dienone is 2. The molecule has 72 valence electrons. The second-order valence-electron chi connectivity index (χ2n) is 3.98. The summed E-state index contributed by atoms with van der Waals surface area (Å²) in [5, 5.41) is 0. The summed E-state index contributed by atoms with van der Waals surface area (Å²) in [7, 11) is 0. The van der Waals surface area contributed by atoms with Crippen LogP contribution in [0.5, 0.6) is 0 Å². The minimum Gasteiger partial charge on any atom is -0.432 e. The third-order valence-electron chi connectivity index (χ3n) is 2.52. The first kappa shape index (κ1) is 9.96. The summed E-state index contributed by atoms with van der Waals surface area (Å²) in [6, 6.07) is 0. The van der Waals surface area contributed by atoms with Gasteiger partial charge in [-0.25, -0.2) is 0 Å². The first-order valence-electron chi connectivity index (χ1n) is 4.34. The topological polar surface area (TPSA) is 43.4 Å². The highest BCUT2D eigenvalue weighted by Crippen LogP contribution is 2.38. The minimum atomic E-state index is -0.196. The number of ketones is 1. The summed E-state index contributed by atoms with van der Waals surface area (Å²) >= 11 is 0. The molecule has 13 heavy (non-hydrogen) atoms. The number of carbonyl (C=O) groups excluding carboxylic acids is 2. The maximum absolute atomic E-state index is 11.3. The molecule has 0 radical (unpaired) electrons. The molecule has 0 atom stereocenters. The van der Waals surface area contributed by atoms with Gasteiger partial charge in [0.1, 0.15) is 5.76 Å².